The summed E-state index contributed by atoms with van der Waals surface area (Å²) in [4.78, 5) is 9.90. The molecule has 0 amide bonds. The van der Waals surface area contributed by atoms with E-state index in [1.54, 1.807) is 0 Å². The molecule has 0 unspecified atom stereocenters. The van der Waals surface area contributed by atoms with Crippen LogP contribution in [0, 0.1) is 6.92 Å². The number of aromatic nitrogens is 2. The minimum absolute atomic E-state index is 0.583. The molecule has 0 radical (unpaired) electrons. The Morgan fingerprint density at radius 1 is 0.826 bits per heavy atom. The lowest BCUT2D eigenvalue weighted by molar-refractivity contribution is 0.439. The highest BCUT2D eigenvalue weighted by Gasteiger charge is 2.21. The number of nitrogens with zero attached hydrogens (tertiary/aromatic N) is 2. The van der Waals surface area contributed by atoms with Crippen LogP contribution in [-0.2, 0) is 0 Å². The highest BCUT2D eigenvalue weighted by atomic mass is 14.9. The van der Waals surface area contributed by atoms with E-state index in [1.165, 1.54) is 48.7 Å². The van der Waals surface area contributed by atoms with E-state index in [4.69, 9.17) is 9.97 Å². The molecule has 1 aliphatic carbocycles. The van der Waals surface area contributed by atoms with Gasteiger partial charge in [0.1, 0.15) is 0 Å². The molecule has 0 N–H and O–H groups in total. The maximum atomic E-state index is 5.04. The molecule has 2 nitrogen and oxygen atoms in total. The fourth-order valence-electron chi connectivity index (χ4n) is 3.73. The summed E-state index contributed by atoms with van der Waals surface area (Å²) in [5.74, 6) is 1.46. The standard InChI is InChI=1S/C21H22N2/c1-15-9-5-6-12-17(15)21-22-19-14-8-7-13-18(19)20(23-21)16-10-3-2-4-11-16/h5-9,12-14,16H,2-4,10-11H2,1H3. The van der Waals surface area contributed by atoms with Crippen molar-refractivity contribution in [1.29, 1.82) is 0 Å². The zero-order chi connectivity index (χ0) is 15.6. The van der Waals surface area contributed by atoms with Crippen molar-refractivity contribution in [3.63, 3.8) is 0 Å². The molecule has 116 valence electrons. The maximum absolute atomic E-state index is 5.04. The highest BCUT2D eigenvalue weighted by Crippen LogP contribution is 2.36. The molecule has 0 saturated heterocycles. The zero-order valence-electron chi connectivity index (χ0n) is 13.6. The third-order valence-corrected chi connectivity index (χ3v) is 5.01. The number of fused-ring (bicyclic) bond motifs is 1. The smallest absolute Gasteiger partial charge is 0.160 e. The van der Waals surface area contributed by atoms with Crippen LogP contribution in [0.1, 0.15) is 49.3 Å². The van der Waals surface area contributed by atoms with E-state index < -0.39 is 0 Å². The van der Waals surface area contributed by atoms with Crippen molar-refractivity contribution in [1.82, 2.24) is 9.97 Å². The Morgan fingerprint density at radius 2 is 1.57 bits per heavy atom. The van der Waals surface area contributed by atoms with Gasteiger partial charge in [-0.05, 0) is 31.4 Å². The first-order valence-electron chi connectivity index (χ1n) is 8.65. The summed E-state index contributed by atoms with van der Waals surface area (Å²) in [6, 6.07) is 16.9. The second kappa shape index (κ2) is 6.11. The average Bonchev–Trinajstić information content (AvgIpc) is 2.62. The van der Waals surface area contributed by atoms with Gasteiger partial charge in [-0.2, -0.15) is 0 Å². The number of benzene rings is 2. The van der Waals surface area contributed by atoms with Gasteiger partial charge in [-0.15, -0.1) is 0 Å². The van der Waals surface area contributed by atoms with Crippen LogP contribution in [0.4, 0.5) is 0 Å². The van der Waals surface area contributed by atoms with Crippen LogP contribution in [0.5, 0.6) is 0 Å². The van der Waals surface area contributed by atoms with Gasteiger partial charge < -0.3 is 0 Å². The van der Waals surface area contributed by atoms with Crippen LogP contribution in [0.15, 0.2) is 48.5 Å². The van der Waals surface area contributed by atoms with Crippen LogP contribution < -0.4 is 0 Å². The van der Waals surface area contributed by atoms with Crippen LogP contribution in [0.3, 0.4) is 0 Å². The average molecular weight is 302 g/mol. The Labute approximate surface area is 137 Å². The molecule has 1 fully saturated rings. The lowest BCUT2D eigenvalue weighted by Crippen LogP contribution is -2.09. The first-order chi connectivity index (χ1) is 11.3. The van der Waals surface area contributed by atoms with Gasteiger partial charge in [-0.25, -0.2) is 9.97 Å². The van der Waals surface area contributed by atoms with Crippen molar-refractivity contribution in [3.8, 4) is 11.4 Å². The minimum atomic E-state index is 0.583. The Bertz CT molecular complexity index is 832. The molecule has 2 heteroatoms. The predicted molar refractivity (Wildman–Crippen MR) is 95.5 cm³/mol. The molecule has 3 aromatic rings. The van der Waals surface area contributed by atoms with Gasteiger partial charge in [0, 0.05) is 16.9 Å². The van der Waals surface area contributed by atoms with E-state index >= 15 is 0 Å². The van der Waals surface area contributed by atoms with E-state index in [0.29, 0.717) is 5.92 Å². The first-order valence-corrected chi connectivity index (χ1v) is 8.65. The molecule has 0 spiro atoms. The molecule has 1 aliphatic rings. The quantitative estimate of drug-likeness (QED) is 0.611. The van der Waals surface area contributed by atoms with Gasteiger partial charge in [0.05, 0.1) is 11.2 Å². The van der Waals surface area contributed by atoms with E-state index in [0.717, 1.165) is 16.9 Å². The summed E-state index contributed by atoms with van der Waals surface area (Å²) in [6.07, 6.45) is 6.53. The Kier molecular flexibility index (Phi) is 3.82. The van der Waals surface area contributed by atoms with E-state index in [9.17, 15) is 0 Å². The Hall–Kier alpha value is -2.22. The molecule has 23 heavy (non-hydrogen) atoms. The minimum Gasteiger partial charge on any atom is -0.232 e. The van der Waals surface area contributed by atoms with Crippen molar-refractivity contribution in [2.75, 3.05) is 0 Å². The van der Waals surface area contributed by atoms with Gasteiger partial charge in [-0.1, -0.05) is 61.7 Å². The summed E-state index contributed by atoms with van der Waals surface area (Å²) in [5, 5.41) is 1.23. The molecule has 0 aliphatic heterocycles. The van der Waals surface area contributed by atoms with Gasteiger partial charge in [0.2, 0.25) is 0 Å². The van der Waals surface area contributed by atoms with Crippen molar-refractivity contribution in [2.24, 2.45) is 0 Å². The number of hydrogen-bond donors (Lipinski definition) is 0. The zero-order valence-corrected chi connectivity index (χ0v) is 13.6. The van der Waals surface area contributed by atoms with Crippen molar-refractivity contribution >= 4 is 10.9 Å². The van der Waals surface area contributed by atoms with Crippen molar-refractivity contribution in [3.05, 3.63) is 59.8 Å². The monoisotopic (exact) mass is 302 g/mol. The molecule has 1 aromatic heterocycles. The predicted octanol–water partition coefficient (Wildman–Crippen LogP) is 5.65. The summed E-state index contributed by atoms with van der Waals surface area (Å²) in [5.41, 5.74) is 4.71. The lowest BCUT2D eigenvalue weighted by atomic mass is 9.85. The van der Waals surface area contributed by atoms with Crippen molar-refractivity contribution in [2.45, 2.75) is 44.9 Å². The number of hydrogen-bond acceptors (Lipinski definition) is 2. The van der Waals surface area contributed by atoms with Crippen LogP contribution in [0.25, 0.3) is 22.3 Å². The lowest BCUT2D eigenvalue weighted by Gasteiger charge is -2.23. The van der Waals surface area contributed by atoms with E-state index in [2.05, 4.69) is 55.5 Å². The van der Waals surface area contributed by atoms with Gasteiger partial charge in [-0.3, -0.25) is 0 Å². The molecule has 0 atom stereocenters. The number of rotatable bonds is 2. The topological polar surface area (TPSA) is 25.8 Å². The molecule has 0 bridgehead atoms. The van der Waals surface area contributed by atoms with Gasteiger partial charge in [0.25, 0.3) is 0 Å². The van der Waals surface area contributed by atoms with Crippen LogP contribution in [0.2, 0.25) is 0 Å². The highest BCUT2D eigenvalue weighted by molar-refractivity contribution is 5.83. The molecule has 4 rings (SSSR count). The van der Waals surface area contributed by atoms with Crippen molar-refractivity contribution < 1.29 is 0 Å². The van der Waals surface area contributed by atoms with Gasteiger partial charge >= 0.3 is 0 Å². The molecular weight excluding hydrogens is 280 g/mol. The Balaban J connectivity index is 1.91. The van der Waals surface area contributed by atoms with Crippen LogP contribution >= 0.6 is 0 Å². The third-order valence-electron chi connectivity index (χ3n) is 5.01. The number of para-hydroxylation sites is 1. The fourth-order valence-corrected chi connectivity index (χ4v) is 3.73. The third kappa shape index (κ3) is 2.74. The summed E-state index contributed by atoms with van der Waals surface area (Å²) in [6.45, 7) is 2.13. The second-order valence-corrected chi connectivity index (χ2v) is 6.60. The SMILES string of the molecule is Cc1ccccc1-c1nc(C2CCCCC2)c2ccccc2n1. The van der Waals surface area contributed by atoms with E-state index in [-0.39, 0.29) is 0 Å². The normalized spacial score (nSPS) is 15.9. The van der Waals surface area contributed by atoms with Gasteiger partial charge in [0.15, 0.2) is 5.82 Å². The second-order valence-electron chi connectivity index (χ2n) is 6.60. The Morgan fingerprint density at radius 3 is 2.39 bits per heavy atom. The number of aryl methyl sites for hydroxylation is 1. The maximum Gasteiger partial charge on any atom is 0.160 e. The molecule has 1 saturated carbocycles. The summed E-state index contributed by atoms with van der Waals surface area (Å²) < 4.78 is 0. The molecular formula is C21H22N2. The van der Waals surface area contributed by atoms with E-state index in [1.807, 2.05) is 0 Å². The fraction of sp³-hybridized carbons (Fsp3) is 0.333. The summed E-state index contributed by atoms with van der Waals surface area (Å²) >= 11 is 0. The largest absolute Gasteiger partial charge is 0.232 e. The molecule has 1 heterocycles. The summed E-state index contributed by atoms with van der Waals surface area (Å²) in [7, 11) is 0. The molecule has 2 aromatic carbocycles. The van der Waals surface area contributed by atoms with Crippen LogP contribution in [-0.4, -0.2) is 9.97 Å². The first kappa shape index (κ1) is 14.4.